The number of likely N-dealkylation sites (N-methyl/N-ethyl adjacent to an activating group) is 1. The van der Waals surface area contributed by atoms with Gasteiger partial charge in [-0.3, -0.25) is 4.90 Å². The molecule has 1 saturated heterocycles. The van der Waals surface area contributed by atoms with Gasteiger partial charge >= 0.3 is 0 Å². The van der Waals surface area contributed by atoms with E-state index in [1.165, 1.54) is 6.42 Å². The van der Waals surface area contributed by atoms with Crippen molar-refractivity contribution < 1.29 is 5.11 Å². The zero-order valence-corrected chi connectivity index (χ0v) is 10.6. The van der Waals surface area contributed by atoms with E-state index < -0.39 is 0 Å². The molecular weight excluding hydrogens is 188 g/mol. The molecule has 0 spiro atoms. The van der Waals surface area contributed by atoms with Crippen molar-refractivity contribution in [2.24, 2.45) is 5.92 Å². The Labute approximate surface area is 94.1 Å². The van der Waals surface area contributed by atoms with Crippen molar-refractivity contribution in [1.29, 1.82) is 0 Å². The van der Waals surface area contributed by atoms with Gasteiger partial charge in [0.1, 0.15) is 0 Å². The van der Waals surface area contributed by atoms with Crippen molar-refractivity contribution in [1.82, 2.24) is 9.80 Å². The van der Waals surface area contributed by atoms with E-state index in [1.807, 2.05) is 0 Å². The molecule has 2 unspecified atom stereocenters. The molecule has 1 N–H and O–H groups in total. The average molecular weight is 214 g/mol. The van der Waals surface area contributed by atoms with E-state index in [9.17, 15) is 5.11 Å². The van der Waals surface area contributed by atoms with Gasteiger partial charge in [-0.1, -0.05) is 20.8 Å². The fraction of sp³-hybridized carbons (Fsp3) is 1.00. The number of hydrogen-bond donors (Lipinski definition) is 1. The van der Waals surface area contributed by atoms with Gasteiger partial charge in [0.05, 0.1) is 6.10 Å². The molecule has 1 fully saturated rings. The SMILES string of the molecule is CCC1CN(CC(O)C(C)C)CCN1C. The van der Waals surface area contributed by atoms with Crippen molar-refractivity contribution in [2.45, 2.75) is 39.3 Å². The second-order valence-electron chi connectivity index (χ2n) is 5.11. The van der Waals surface area contributed by atoms with Crippen LogP contribution in [0.5, 0.6) is 0 Å². The first-order valence-corrected chi connectivity index (χ1v) is 6.15. The Morgan fingerprint density at radius 1 is 1.33 bits per heavy atom. The Balaban J connectivity index is 2.38. The number of nitrogens with zero attached hydrogens (tertiary/aromatic N) is 2. The minimum absolute atomic E-state index is 0.175. The predicted octanol–water partition coefficient (Wildman–Crippen LogP) is 1.03. The number of aliphatic hydroxyl groups is 1. The molecule has 1 aliphatic rings. The Morgan fingerprint density at radius 2 is 2.00 bits per heavy atom. The third-order valence-corrected chi connectivity index (χ3v) is 3.55. The molecule has 15 heavy (non-hydrogen) atoms. The summed E-state index contributed by atoms with van der Waals surface area (Å²) in [7, 11) is 2.20. The Hall–Kier alpha value is -0.120. The molecular formula is C12H26N2O. The van der Waals surface area contributed by atoms with Crippen molar-refractivity contribution in [3.05, 3.63) is 0 Å². The second kappa shape index (κ2) is 5.83. The van der Waals surface area contributed by atoms with E-state index in [2.05, 4.69) is 37.6 Å². The van der Waals surface area contributed by atoms with Crippen molar-refractivity contribution in [2.75, 3.05) is 33.2 Å². The summed E-state index contributed by atoms with van der Waals surface area (Å²) < 4.78 is 0. The van der Waals surface area contributed by atoms with Gasteiger partial charge in [0.2, 0.25) is 0 Å². The fourth-order valence-corrected chi connectivity index (χ4v) is 2.09. The van der Waals surface area contributed by atoms with E-state index in [0.29, 0.717) is 12.0 Å². The maximum atomic E-state index is 9.85. The summed E-state index contributed by atoms with van der Waals surface area (Å²) >= 11 is 0. The van der Waals surface area contributed by atoms with Crippen LogP contribution in [0.2, 0.25) is 0 Å². The number of rotatable bonds is 4. The number of β-amino-alcohol motifs (C(OH)–C–C–N with tert-alkyl or cyclic N) is 1. The van der Waals surface area contributed by atoms with E-state index in [0.717, 1.165) is 26.2 Å². The summed E-state index contributed by atoms with van der Waals surface area (Å²) in [4.78, 5) is 4.83. The van der Waals surface area contributed by atoms with E-state index >= 15 is 0 Å². The third kappa shape index (κ3) is 3.74. The summed E-state index contributed by atoms with van der Waals surface area (Å²) in [6.45, 7) is 10.6. The molecule has 0 aromatic heterocycles. The molecule has 0 saturated carbocycles. The summed E-state index contributed by atoms with van der Waals surface area (Å²) in [5.74, 6) is 0.365. The van der Waals surface area contributed by atoms with Crippen LogP contribution in [-0.2, 0) is 0 Å². The molecule has 0 radical (unpaired) electrons. The quantitative estimate of drug-likeness (QED) is 0.757. The zero-order chi connectivity index (χ0) is 11.4. The predicted molar refractivity (Wildman–Crippen MR) is 64.0 cm³/mol. The van der Waals surface area contributed by atoms with Crippen LogP contribution in [0.15, 0.2) is 0 Å². The lowest BCUT2D eigenvalue weighted by molar-refractivity contribution is 0.0333. The number of aliphatic hydroxyl groups excluding tert-OH is 1. The van der Waals surface area contributed by atoms with E-state index in [-0.39, 0.29) is 6.10 Å². The summed E-state index contributed by atoms with van der Waals surface area (Å²) in [6, 6.07) is 0.665. The van der Waals surface area contributed by atoms with Crippen molar-refractivity contribution >= 4 is 0 Å². The lowest BCUT2D eigenvalue weighted by Crippen LogP contribution is -2.53. The fourth-order valence-electron chi connectivity index (χ4n) is 2.09. The highest BCUT2D eigenvalue weighted by Gasteiger charge is 2.24. The average Bonchev–Trinajstić information content (AvgIpc) is 2.20. The van der Waals surface area contributed by atoms with Crippen LogP contribution in [0, 0.1) is 5.92 Å². The Bertz CT molecular complexity index is 182. The molecule has 1 heterocycles. The Kier molecular flexibility index (Phi) is 5.03. The van der Waals surface area contributed by atoms with Gasteiger partial charge in [-0.15, -0.1) is 0 Å². The van der Waals surface area contributed by atoms with Crippen LogP contribution in [0.1, 0.15) is 27.2 Å². The molecule has 3 nitrogen and oxygen atoms in total. The van der Waals surface area contributed by atoms with Crippen LogP contribution >= 0.6 is 0 Å². The van der Waals surface area contributed by atoms with Crippen LogP contribution in [0.4, 0.5) is 0 Å². The Morgan fingerprint density at radius 3 is 2.53 bits per heavy atom. The minimum atomic E-state index is -0.175. The normalized spacial score (nSPS) is 27.2. The van der Waals surface area contributed by atoms with Gasteiger partial charge in [0.25, 0.3) is 0 Å². The molecule has 0 aromatic rings. The molecule has 3 heteroatoms. The summed E-state index contributed by atoms with van der Waals surface area (Å²) in [5.41, 5.74) is 0. The van der Waals surface area contributed by atoms with Crippen LogP contribution in [-0.4, -0.2) is 60.3 Å². The summed E-state index contributed by atoms with van der Waals surface area (Å²) in [6.07, 6.45) is 1.02. The van der Waals surface area contributed by atoms with Gasteiger partial charge < -0.3 is 10.0 Å². The van der Waals surface area contributed by atoms with Crippen molar-refractivity contribution in [3.63, 3.8) is 0 Å². The first-order chi connectivity index (χ1) is 7.04. The lowest BCUT2D eigenvalue weighted by atomic mass is 10.1. The first-order valence-electron chi connectivity index (χ1n) is 6.15. The standard InChI is InChI=1S/C12H26N2O/c1-5-11-8-14(7-6-13(11)4)9-12(15)10(2)3/h10-12,15H,5-9H2,1-4H3. The number of hydrogen-bond acceptors (Lipinski definition) is 3. The molecule has 90 valence electrons. The van der Waals surface area contributed by atoms with E-state index in [4.69, 9.17) is 0 Å². The van der Waals surface area contributed by atoms with Gasteiger partial charge in [-0.2, -0.15) is 0 Å². The van der Waals surface area contributed by atoms with Gasteiger partial charge in [0, 0.05) is 32.2 Å². The highest BCUT2D eigenvalue weighted by molar-refractivity contribution is 4.80. The van der Waals surface area contributed by atoms with Crippen LogP contribution < -0.4 is 0 Å². The topological polar surface area (TPSA) is 26.7 Å². The lowest BCUT2D eigenvalue weighted by Gasteiger charge is -2.40. The zero-order valence-electron chi connectivity index (χ0n) is 10.6. The molecule has 0 aliphatic carbocycles. The van der Waals surface area contributed by atoms with Gasteiger partial charge in [0.15, 0.2) is 0 Å². The van der Waals surface area contributed by atoms with Gasteiger partial charge in [-0.25, -0.2) is 0 Å². The highest BCUT2D eigenvalue weighted by Crippen LogP contribution is 2.12. The van der Waals surface area contributed by atoms with E-state index in [1.54, 1.807) is 0 Å². The van der Waals surface area contributed by atoms with Gasteiger partial charge in [-0.05, 0) is 19.4 Å². The first kappa shape index (κ1) is 12.9. The maximum Gasteiger partial charge on any atom is 0.0689 e. The minimum Gasteiger partial charge on any atom is -0.392 e. The third-order valence-electron chi connectivity index (χ3n) is 3.55. The molecule has 0 amide bonds. The summed E-state index contributed by atoms with van der Waals surface area (Å²) in [5, 5.41) is 9.85. The largest absolute Gasteiger partial charge is 0.392 e. The van der Waals surface area contributed by atoms with Crippen LogP contribution in [0.25, 0.3) is 0 Å². The smallest absolute Gasteiger partial charge is 0.0689 e. The molecule has 1 rings (SSSR count). The monoisotopic (exact) mass is 214 g/mol. The highest BCUT2D eigenvalue weighted by atomic mass is 16.3. The van der Waals surface area contributed by atoms with Crippen molar-refractivity contribution in [3.8, 4) is 0 Å². The molecule has 1 aliphatic heterocycles. The number of piperazine rings is 1. The van der Waals surface area contributed by atoms with Crippen LogP contribution in [0.3, 0.4) is 0 Å². The molecule has 0 aromatic carbocycles. The maximum absolute atomic E-state index is 9.85. The molecule has 2 atom stereocenters. The molecule has 0 bridgehead atoms. The second-order valence-corrected chi connectivity index (χ2v) is 5.11.